The zero-order valence-electron chi connectivity index (χ0n) is 19.3. The Kier molecular flexibility index (Phi) is 6.86. The third kappa shape index (κ3) is 5.29. The number of hydrogen-bond donors (Lipinski definition) is 2. The van der Waals surface area contributed by atoms with Gasteiger partial charge in [0.2, 0.25) is 0 Å². The van der Waals surface area contributed by atoms with E-state index in [2.05, 4.69) is 16.7 Å². The Labute approximate surface area is 194 Å². The summed E-state index contributed by atoms with van der Waals surface area (Å²) in [5.41, 5.74) is 2.75. The Morgan fingerprint density at radius 3 is 2.61 bits per heavy atom. The Hall–Kier alpha value is -3.09. The quantitative estimate of drug-likeness (QED) is 0.610. The zero-order valence-corrected chi connectivity index (χ0v) is 19.3. The lowest BCUT2D eigenvalue weighted by atomic mass is 9.74. The third-order valence-corrected chi connectivity index (χ3v) is 6.59. The van der Waals surface area contributed by atoms with Crippen molar-refractivity contribution in [1.29, 1.82) is 0 Å². The van der Waals surface area contributed by atoms with Crippen molar-refractivity contribution in [2.75, 3.05) is 13.2 Å². The van der Waals surface area contributed by atoms with E-state index in [1.54, 1.807) is 12.1 Å². The van der Waals surface area contributed by atoms with Crippen LogP contribution < -0.4 is 10.6 Å². The van der Waals surface area contributed by atoms with Crippen LogP contribution in [0, 0.1) is 5.82 Å². The number of benzene rings is 2. The number of unbranched alkanes of at least 4 members (excludes halogenated alkanes) is 1. The van der Waals surface area contributed by atoms with Crippen molar-refractivity contribution in [3.8, 4) is 0 Å². The fraction of sp³-hybridized carbons (Fsp3) is 0.462. The average molecular weight is 454 g/mol. The van der Waals surface area contributed by atoms with Crippen molar-refractivity contribution in [2.24, 2.45) is 0 Å². The first-order valence-electron chi connectivity index (χ1n) is 11.7. The van der Waals surface area contributed by atoms with E-state index in [0.717, 1.165) is 30.4 Å². The molecule has 2 aromatic rings. The molecule has 176 valence electrons. The molecule has 1 aliphatic carbocycles. The zero-order chi connectivity index (χ0) is 23.4. The summed E-state index contributed by atoms with van der Waals surface area (Å²) >= 11 is 0. The summed E-state index contributed by atoms with van der Waals surface area (Å²) in [5.74, 6) is -0.299. The number of rotatable bonds is 6. The van der Waals surface area contributed by atoms with Crippen molar-refractivity contribution >= 4 is 12.1 Å². The van der Waals surface area contributed by atoms with Crippen LogP contribution in [0.1, 0.15) is 62.3 Å². The number of amides is 3. The van der Waals surface area contributed by atoms with Gasteiger partial charge in [-0.25, -0.2) is 14.0 Å². The van der Waals surface area contributed by atoms with Crippen molar-refractivity contribution in [3.63, 3.8) is 0 Å². The molecule has 1 atom stereocenters. The van der Waals surface area contributed by atoms with Gasteiger partial charge in [-0.1, -0.05) is 49.7 Å². The normalized spacial score (nSPS) is 23.8. The second-order valence-corrected chi connectivity index (χ2v) is 9.33. The number of nitrogens with one attached hydrogen (secondary N) is 2. The van der Waals surface area contributed by atoms with Gasteiger partial charge in [0, 0.05) is 18.1 Å². The Morgan fingerprint density at radius 2 is 1.88 bits per heavy atom. The van der Waals surface area contributed by atoms with Crippen LogP contribution in [0.15, 0.2) is 48.5 Å². The van der Waals surface area contributed by atoms with Crippen molar-refractivity contribution in [3.05, 3.63) is 71.0 Å². The van der Waals surface area contributed by atoms with E-state index in [4.69, 9.17) is 4.74 Å². The van der Waals surface area contributed by atoms with Crippen molar-refractivity contribution < 1.29 is 18.7 Å². The maximum absolute atomic E-state index is 13.6. The van der Waals surface area contributed by atoms with Gasteiger partial charge in [0.05, 0.1) is 12.6 Å². The molecule has 1 saturated carbocycles. The number of fused-ring (bicyclic) bond motifs is 1. The Bertz CT molecular complexity index is 989. The number of alkyl carbamates (subject to hydrolysis) is 1. The summed E-state index contributed by atoms with van der Waals surface area (Å²) in [5, 5.41) is 6.06. The summed E-state index contributed by atoms with van der Waals surface area (Å²) in [7, 11) is 0. The van der Waals surface area contributed by atoms with Gasteiger partial charge in [-0.2, -0.15) is 0 Å². The maximum Gasteiger partial charge on any atom is 0.407 e. The fourth-order valence-corrected chi connectivity index (χ4v) is 4.87. The van der Waals surface area contributed by atoms with Gasteiger partial charge >= 0.3 is 12.1 Å². The molecule has 3 amide bonds. The molecule has 4 rings (SSSR count). The molecule has 0 radical (unpaired) electrons. The van der Waals surface area contributed by atoms with E-state index < -0.39 is 11.6 Å². The molecule has 1 aliphatic heterocycles. The number of halogens is 1. The van der Waals surface area contributed by atoms with Gasteiger partial charge in [-0.15, -0.1) is 0 Å². The molecule has 6 nitrogen and oxygen atoms in total. The highest BCUT2D eigenvalue weighted by atomic mass is 19.1. The van der Waals surface area contributed by atoms with Crippen LogP contribution in [0.25, 0.3) is 0 Å². The highest BCUT2D eigenvalue weighted by Crippen LogP contribution is 2.37. The van der Waals surface area contributed by atoms with Gasteiger partial charge in [0.1, 0.15) is 5.82 Å². The molecule has 1 heterocycles. The number of urea groups is 1. The number of carbonyl (C=O) groups excluding carboxylic acids is 2. The Balaban J connectivity index is 1.42. The van der Waals surface area contributed by atoms with Crippen LogP contribution in [0.5, 0.6) is 0 Å². The number of carbonyl (C=O) groups is 2. The van der Waals surface area contributed by atoms with Crippen LogP contribution in [-0.2, 0) is 11.2 Å². The van der Waals surface area contributed by atoms with E-state index in [9.17, 15) is 14.0 Å². The summed E-state index contributed by atoms with van der Waals surface area (Å²) < 4.78 is 18.7. The molecule has 33 heavy (non-hydrogen) atoms. The minimum absolute atomic E-state index is 0.0144. The summed E-state index contributed by atoms with van der Waals surface area (Å²) in [4.78, 5) is 27.1. The second kappa shape index (κ2) is 9.81. The monoisotopic (exact) mass is 453 g/mol. The van der Waals surface area contributed by atoms with E-state index in [1.165, 1.54) is 17.7 Å². The first-order chi connectivity index (χ1) is 15.9. The highest BCUT2D eigenvalue weighted by molar-refractivity contribution is 5.77. The molecular weight excluding hydrogens is 421 g/mol. The largest absolute Gasteiger partial charge is 0.450 e. The van der Waals surface area contributed by atoms with E-state index in [-0.39, 0.29) is 23.9 Å². The molecule has 2 aliphatic rings. The summed E-state index contributed by atoms with van der Waals surface area (Å²) in [6.45, 7) is 5.04. The van der Waals surface area contributed by atoms with Crippen LogP contribution in [-0.4, -0.2) is 41.8 Å². The van der Waals surface area contributed by atoms with E-state index in [0.29, 0.717) is 26.0 Å². The lowest BCUT2D eigenvalue weighted by Crippen LogP contribution is -2.64. The minimum atomic E-state index is -0.400. The van der Waals surface area contributed by atoms with Crippen molar-refractivity contribution in [2.45, 2.75) is 63.6 Å². The van der Waals surface area contributed by atoms with Gasteiger partial charge in [-0.3, -0.25) is 0 Å². The van der Waals surface area contributed by atoms with Gasteiger partial charge in [0.15, 0.2) is 0 Å². The molecule has 0 saturated heterocycles. The molecule has 7 heteroatoms. The third-order valence-electron chi connectivity index (χ3n) is 6.59. The summed E-state index contributed by atoms with van der Waals surface area (Å²) in [6, 6.07) is 14.0. The molecule has 1 fully saturated rings. The topological polar surface area (TPSA) is 70.7 Å². The molecule has 0 unspecified atom stereocenters. The first kappa shape index (κ1) is 23.1. The molecule has 0 aromatic heterocycles. The predicted molar refractivity (Wildman–Crippen MR) is 124 cm³/mol. The Morgan fingerprint density at radius 1 is 1.15 bits per heavy atom. The lowest BCUT2D eigenvalue weighted by Gasteiger charge is -2.47. The van der Waals surface area contributed by atoms with E-state index in [1.807, 2.05) is 36.9 Å². The highest BCUT2D eigenvalue weighted by Gasteiger charge is 2.44. The van der Waals surface area contributed by atoms with Crippen LogP contribution >= 0.6 is 0 Å². The molecule has 0 spiro atoms. The summed E-state index contributed by atoms with van der Waals surface area (Å²) in [6.07, 6.45) is 3.48. The van der Waals surface area contributed by atoms with E-state index >= 15 is 0 Å². The lowest BCUT2D eigenvalue weighted by molar-refractivity contribution is 0.105. The molecule has 2 N–H and O–H groups in total. The average Bonchev–Trinajstić information content (AvgIpc) is 2.78. The first-order valence-corrected chi connectivity index (χ1v) is 11.7. The van der Waals surface area contributed by atoms with Crippen LogP contribution in [0.2, 0.25) is 0 Å². The molecule has 0 bridgehead atoms. The SMILES string of the molecule is CCCCOC(=O)NC1CC(C)(NC(=O)N2CCc3ccccc3[C@@H]2c2ccc(F)cc2)C1. The standard InChI is InChI=1S/C26H32FN3O3/c1-3-4-15-33-25(32)28-21-16-26(2,17-21)29-24(31)30-14-13-18-7-5-6-8-22(18)23(30)19-9-11-20(27)12-10-19/h5-12,21,23H,3-4,13-17H2,1-2H3,(H,28,32)(H,29,31)/t21?,23-,26?/m0/s1. The fourth-order valence-electron chi connectivity index (χ4n) is 4.87. The van der Waals surface area contributed by atoms with Gasteiger partial charge in [-0.05, 0) is 61.4 Å². The number of nitrogens with zero attached hydrogens (tertiary/aromatic N) is 1. The van der Waals surface area contributed by atoms with Gasteiger partial charge < -0.3 is 20.3 Å². The molecule has 2 aromatic carbocycles. The number of ether oxygens (including phenoxy) is 1. The minimum Gasteiger partial charge on any atom is -0.450 e. The predicted octanol–water partition coefficient (Wildman–Crippen LogP) is 4.93. The van der Waals surface area contributed by atoms with Crippen LogP contribution in [0.3, 0.4) is 0 Å². The van der Waals surface area contributed by atoms with Gasteiger partial charge in [0.25, 0.3) is 0 Å². The maximum atomic E-state index is 13.6. The smallest absolute Gasteiger partial charge is 0.407 e. The number of hydrogen-bond acceptors (Lipinski definition) is 3. The van der Waals surface area contributed by atoms with Crippen LogP contribution in [0.4, 0.5) is 14.0 Å². The van der Waals surface area contributed by atoms with Crippen molar-refractivity contribution in [1.82, 2.24) is 15.5 Å². The second-order valence-electron chi connectivity index (χ2n) is 9.33. The molecular formula is C26H32FN3O3.